The summed E-state index contributed by atoms with van der Waals surface area (Å²) < 4.78 is 0. The van der Waals surface area contributed by atoms with E-state index in [2.05, 4.69) is 18.8 Å². The molecule has 1 saturated heterocycles. The molecular weight excluding hydrogens is 236 g/mol. The van der Waals surface area contributed by atoms with Crippen LogP contribution >= 0.6 is 11.6 Å². The molecule has 1 aliphatic rings. The first-order valence-corrected chi connectivity index (χ1v) is 6.38. The molecule has 0 saturated carbocycles. The Hall–Kier alpha value is -1.09. The van der Waals surface area contributed by atoms with E-state index < -0.39 is 0 Å². The van der Waals surface area contributed by atoms with Gasteiger partial charge in [-0.15, -0.1) is 0 Å². The molecule has 2 unspecified atom stereocenters. The van der Waals surface area contributed by atoms with Crippen LogP contribution in [0.4, 0.5) is 0 Å². The van der Waals surface area contributed by atoms with Crippen molar-refractivity contribution in [3.05, 3.63) is 29.0 Å². The van der Waals surface area contributed by atoms with Crippen LogP contribution in [-0.4, -0.2) is 28.4 Å². The standard InChI is InChI=1S/C13H17ClN2O/c1-9-3-4-10(2)16(8-9)13(17)11-5-6-15-12(14)7-11/h5-7,9-10H,3-4,8H2,1-2H3. The first-order valence-electron chi connectivity index (χ1n) is 6.00. The van der Waals surface area contributed by atoms with Crippen molar-refractivity contribution in [2.45, 2.75) is 32.7 Å². The summed E-state index contributed by atoms with van der Waals surface area (Å²) in [6.07, 6.45) is 3.85. The van der Waals surface area contributed by atoms with Crippen LogP contribution in [0.5, 0.6) is 0 Å². The molecule has 0 aromatic carbocycles. The summed E-state index contributed by atoms with van der Waals surface area (Å²) in [5.74, 6) is 0.640. The SMILES string of the molecule is CC1CCC(C)N(C(=O)c2ccnc(Cl)c2)C1. The van der Waals surface area contributed by atoms with Gasteiger partial charge in [-0.2, -0.15) is 0 Å². The van der Waals surface area contributed by atoms with E-state index in [9.17, 15) is 4.79 Å². The molecule has 1 aromatic heterocycles. The van der Waals surface area contributed by atoms with E-state index in [0.717, 1.165) is 13.0 Å². The number of rotatable bonds is 1. The van der Waals surface area contributed by atoms with Gasteiger partial charge in [-0.05, 0) is 37.8 Å². The maximum atomic E-state index is 12.3. The molecule has 0 radical (unpaired) electrons. The maximum absolute atomic E-state index is 12.3. The molecule has 0 bridgehead atoms. The molecule has 1 aromatic rings. The van der Waals surface area contributed by atoms with Crippen LogP contribution in [0.1, 0.15) is 37.0 Å². The van der Waals surface area contributed by atoms with Crippen molar-refractivity contribution in [1.82, 2.24) is 9.88 Å². The normalized spacial score (nSPS) is 24.8. The minimum atomic E-state index is 0.0633. The average Bonchev–Trinajstić information content (AvgIpc) is 2.31. The highest BCUT2D eigenvalue weighted by atomic mass is 35.5. The van der Waals surface area contributed by atoms with E-state index in [1.54, 1.807) is 18.3 Å². The fourth-order valence-electron chi connectivity index (χ4n) is 2.27. The van der Waals surface area contributed by atoms with E-state index in [-0.39, 0.29) is 5.91 Å². The second-order valence-electron chi connectivity index (χ2n) is 4.86. The molecule has 1 amide bonds. The van der Waals surface area contributed by atoms with Gasteiger partial charge in [-0.25, -0.2) is 4.98 Å². The second-order valence-corrected chi connectivity index (χ2v) is 5.24. The van der Waals surface area contributed by atoms with Crippen molar-refractivity contribution in [3.63, 3.8) is 0 Å². The smallest absolute Gasteiger partial charge is 0.254 e. The molecule has 0 aliphatic carbocycles. The third kappa shape index (κ3) is 2.78. The Morgan fingerprint density at radius 3 is 2.94 bits per heavy atom. The summed E-state index contributed by atoms with van der Waals surface area (Å²) in [4.78, 5) is 18.2. The zero-order chi connectivity index (χ0) is 12.4. The molecule has 1 aliphatic heterocycles. The highest BCUT2D eigenvalue weighted by molar-refractivity contribution is 6.29. The number of aromatic nitrogens is 1. The zero-order valence-corrected chi connectivity index (χ0v) is 10.9. The van der Waals surface area contributed by atoms with Gasteiger partial charge in [-0.1, -0.05) is 18.5 Å². The third-order valence-corrected chi connectivity index (χ3v) is 3.56. The van der Waals surface area contributed by atoms with Gasteiger partial charge in [0, 0.05) is 24.3 Å². The lowest BCUT2D eigenvalue weighted by Crippen LogP contribution is -2.44. The van der Waals surface area contributed by atoms with Crippen molar-refractivity contribution in [2.75, 3.05) is 6.54 Å². The van der Waals surface area contributed by atoms with Gasteiger partial charge in [-0.3, -0.25) is 4.79 Å². The number of amides is 1. The summed E-state index contributed by atoms with van der Waals surface area (Å²) in [7, 11) is 0. The fraction of sp³-hybridized carbons (Fsp3) is 0.538. The average molecular weight is 253 g/mol. The van der Waals surface area contributed by atoms with Crippen molar-refractivity contribution < 1.29 is 4.79 Å². The monoisotopic (exact) mass is 252 g/mol. The molecule has 0 spiro atoms. The fourth-order valence-corrected chi connectivity index (χ4v) is 2.45. The largest absolute Gasteiger partial charge is 0.336 e. The van der Waals surface area contributed by atoms with E-state index in [1.165, 1.54) is 6.42 Å². The Bertz CT molecular complexity index is 422. The summed E-state index contributed by atoms with van der Waals surface area (Å²) in [6, 6.07) is 3.67. The lowest BCUT2D eigenvalue weighted by molar-refractivity contribution is 0.0574. The van der Waals surface area contributed by atoms with Gasteiger partial charge >= 0.3 is 0 Å². The maximum Gasteiger partial charge on any atom is 0.254 e. The number of likely N-dealkylation sites (tertiary alicyclic amines) is 1. The summed E-state index contributed by atoms with van der Waals surface area (Å²) >= 11 is 5.81. The second kappa shape index (κ2) is 5.05. The summed E-state index contributed by atoms with van der Waals surface area (Å²) in [6.45, 7) is 5.12. The molecule has 2 heterocycles. The summed E-state index contributed by atoms with van der Waals surface area (Å²) in [5.41, 5.74) is 0.631. The van der Waals surface area contributed by atoms with Gasteiger partial charge < -0.3 is 4.90 Å². The predicted molar refractivity (Wildman–Crippen MR) is 68.1 cm³/mol. The molecule has 4 heteroatoms. The molecule has 1 fully saturated rings. The Morgan fingerprint density at radius 1 is 1.47 bits per heavy atom. The minimum Gasteiger partial charge on any atom is -0.336 e. The van der Waals surface area contributed by atoms with Crippen LogP contribution in [0, 0.1) is 5.92 Å². The van der Waals surface area contributed by atoms with Gasteiger partial charge in [0.2, 0.25) is 0 Å². The van der Waals surface area contributed by atoms with Gasteiger partial charge in [0.25, 0.3) is 5.91 Å². The predicted octanol–water partition coefficient (Wildman–Crippen LogP) is 3.00. The molecule has 17 heavy (non-hydrogen) atoms. The van der Waals surface area contributed by atoms with Crippen molar-refractivity contribution in [1.29, 1.82) is 0 Å². The van der Waals surface area contributed by atoms with Crippen LogP contribution in [0.3, 0.4) is 0 Å². The highest BCUT2D eigenvalue weighted by Crippen LogP contribution is 2.23. The molecule has 0 N–H and O–H groups in total. The number of halogens is 1. The number of hydrogen-bond donors (Lipinski definition) is 0. The molecule has 92 valence electrons. The first kappa shape index (κ1) is 12.4. The molecule has 2 atom stereocenters. The van der Waals surface area contributed by atoms with E-state index >= 15 is 0 Å². The van der Waals surface area contributed by atoms with Gasteiger partial charge in [0.05, 0.1) is 0 Å². The lowest BCUT2D eigenvalue weighted by Gasteiger charge is -2.36. The summed E-state index contributed by atoms with van der Waals surface area (Å²) in [5, 5.41) is 0.369. The Morgan fingerprint density at radius 2 is 2.24 bits per heavy atom. The van der Waals surface area contributed by atoms with Crippen LogP contribution in [0.15, 0.2) is 18.3 Å². The number of carbonyl (C=O) groups excluding carboxylic acids is 1. The zero-order valence-electron chi connectivity index (χ0n) is 10.2. The first-order chi connectivity index (χ1) is 8.08. The molecule has 2 rings (SSSR count). The lowest BCUT2D eigenvalue weighted by atomic mass is 9.94. The number of carbonyl (C=O) groups is 1. The van der Waals surface area contributed by atoms with E-state index in [0.29, 0.717) is 22.7 Å². The van der Waals surface area contributed by atoms with Crippen LogP contribution in [-0.2, 0) is 0 Å². The van der Waals surface area contributed by atoms with Crippen LogP contribution in [0.2, 0.25) is 5.15 Å². The van der Waals surface area contributed by atoms with Crippen molar-refractivity contribution in [3.8, 4) is 0 Å². The highest BCUT2D eigenvalue weighted by Gasteiger charge is 2.27. The van der Waals surface area contributed by atoms with Gasteiger partial charge in [0.1, 0.15) is 5.15 Å². The number of pyridine rings is 1. The third-order valence-electron chi connectivity index (χ3n) is 3.35. The Balaban J connectivity index is 2.18. The number of nitrogens with zero attached hydrogens (tertiary/aromatic N) is 2. The van der Waals surface area contributed by atoms with Crippen LogP contribution < -0.4 is 0 Å². The number of hydrogen-bond acceptors (Lipinski definition) is 2. The minimum absolute atomic E-state index is 0.0633. The van der Waals surface area contributed by atoms with Crippen LogP contribution in [0.25, 0.3) is 0 Å². The Labute approximate surface area is 107 Å². The van der Waals surface area contributed by atoms with Gasteiger partial charge in [0.15, 0.2) is 0 Å². The van der Waals surface area contributed by atoms with E-state index in [4.69, 9.17) is 11.6 Å². The van der Waals surface area contributed by atoms with E-state index in [1.807, 2.05) is 4.90 Å². The van der Waals surface area contributed by atoms with Crippen molar-refractivity contribution >= 4 is 17.5 Å². The molecular formula is C13H17ClN2O. The quantitative estimate of drug-likeness (QED) is 0.720. The topological polar surface area (TPSA) is 33.2 Å². The molecule has 3 nitrogen and oxygen atoms in total. The van der Waals surface area contributed by atoms with Crippen molar-refractivity contribution in [2.24, 2.45) is 5.92 Å². The number of piperidine rings is 1. The Kier molecular flexibility index (Phi) is 3.67.